The van der Waals surface area contributed by atoms with Crippen LogP contribution < -0.4 is 0 Å². The maximum atomic E-state index is 12.9. The van der Waals surface area contributed by atoms with Gasteiger partial charge in [0.2, 0.25) is 0 Å². The molecule has 1 aromatic carbocycles. The Hall–Kier alpha value is -1.71. The molecule has 18 heavy (non-hydrogen) atoms. The van der Waals surface area contributed by atoms with Crippen LogP contribution in [0.3, 0.4) is 0 Å². The van der Waals surface area contributed by atoms with Crippen LogP contribution >= 0.6 is 0 Å². The van der Waals surface area contributed by atoms with E-state index in [4.69, 9.17) is 4.42 Å². The van der Waals surface area contributed by atoms with Crippen LogP contribution in [0.15, 0.2) is 34.7 Å². The molecule has 2 rings (SSSR count). The van der Waals surface area contributed by atoms with Crippen molar-refractivity contribution in [2.45, 2.75) is 26.4 Å². The minimum absolute atomic E-state index is 0.0906. The van der Waals surface area contributed by atoms with Crippen molar-refractivity contribution in [2.24, 2.45) is 0 Å². The van der Waals surface area contributed by atoms with Crippen LogP contribution in [0.5, 0.6) is 0 Å². The maximum absolute atomic E-state index is 12.9. The molecule has 0 bridgehead atoms. The summed E-state index contributed by atoms with van der Waals surface area (Å²) in [6.45, 7) is 3.70. The van der Waals surface area contributed by atoms with Crippen LogP contribution in [0.4, 0.5) is 13.2 Å². The third kappa shape index (κ3) is 2.28. The molecule has 0 saturated heterocycles. The van der Waals surface area contributed by atoms with E-state index in [1.54, 1.807) is 19.1 Å². The molecule has 0 radical (unpaired) electrons. The quantitative estimate of drug-likeness (QED) is 0.747. The van der Waals surface area contributed by atoms with Gasteiger partial charge in [0.05, 0.1) is 5.56 Å². The van der Waals surface area contributed by atoms with Crippen molar-refractivity contribution in [3.8, 4) is 11.3 Å². The lowest BCUT2D eigenvalue weighted by Gasteiger charge is -2.10. The number of furan rings is 1. The average Bonchev–Trinajstić information content (AvgIpc) is 2.69. The van der Waals surface area contributed by atoms with Gasteiger partial charge in [0.1, 0.15) is 11.5 Å². The summed E-state index contributed by atoms with van der Waals surface area (Å²) in [5.74, 6) is 0.946. The summed E-state index contributed by atoms with van der Waals surface area (Å²) in [4.78, 5) is 0. The summed E-state index contributed by atoms with van der Waals surface area (Å²) < 4.78 is 44.1. The lowest BCUT2D eigenvalue weighted by Crippen LogP contribution is -2.06. The zero-order chi connectivity index (χ0) is 13.3. The van der Waals surface area contributed by atoms with Gasteiger partial charge < -0.3 is 4.42 Å². The Morgan fingerprint density at radius 2 is 1.83 bits per heavy atom. The zero-order valence-electron chi connectivity index (χ0n) is 10.1. The molecule has 0 aliphatic carbocycles. The minimum atomic E-state index is -4.37. The molecule has 1 heterocycles. The fourth-order valence-corrected chi connectivity index (χ4v) is 1.95. The van der Waals surface area contributed by atoms with Crippen molar-refractivity contribution < 1.29 is 17.6 Å². The molecule has 0 N–H and O–H groups in total. The van der Waals surface area contributed by atoms with E-state index in [1.807, 2.05) is 6.92 Å². The standard InChI is InChI=1S/C14H13F3O/c1-3-10-8-13(18-9(10)2)11-6-4-5-7-12(11)14(15,16)17/h4-8H,3H2,1-2H3. The van der Waals surface area contributed by atoms with Crippen molar-refractivity contribution in [1.29, 1.82) is 0 Å². The summed E-state index contributed by atoms with van der Waals surface area (Å²) in [6, 6.07) is 7.14. The van der Waals surface area contributed by atoms with Crippen molar-refractivity contribution in [3.05, 3.63) is 47.2 Å². The van der Waals surface area contributed by atoms with E-state index in [-0.39, 0.29) is 11.3 Å². The SMILES string of the molecule is CCc1cc(-c2ccccc2C(F)(F)F)oc1C. The highest BCUT2D eigenvalue weighted by Gasteiger charge is 2.34. The first kappa shape index (κ1) is 12.7. The monoisotopic (exact) mass is 254 g/mol. The minimum Gasteiger partial charge on any atom is -0.461 e. The average molecular weight is 254 g/mol. The zero-order valence-corrected chi connectivity index (χ0v) is 10.1. The van der Waals surface area contributed by atoms with Crippen molar-refractivity contribution in [2.75, 3.05) is 0 Å². The molecule has 0 spiro atoms. The van der Waals surface area contributed by atoms with Crippen molar-refractivity contribution >= 4 is 0 Å². The normalized spacial score (nSPS) is 11.8. The molecule has 0 aliphatic heterocycles. The molecule has 1 aromatic heterocycles. The number of aryl methyl sites for hydroxylation is 2. The van der Waals surface area contributed by atoms with E-state index < -0.39 is 11.7 Å². The Balaban J connectivity index is 2.57. The second-order valence-corrected chi connectivity index (χ2v) is 4.09. The van der Waals surface area contributed by atoms with Gasteiger partial charge in [0, 0.05) is 5.56 Å². The van der Waals surface area contributed by atoms with Crippen LogP contribution in [0.25, 0.3) is 11.3 Å². The number of halogens is 3. The predicted octanol–water partition coefficient (Wildman–Crippen LogP) is 4.84. The van der Waals surface area contributed by atoms with Gasteiger partial charge in [-0.2, -0.15) is 13.2 Å². The molecular weight excluding hydrogens is 241 g/mol. The van der Waals surface area contributed by atoms with Gasteiger partial charge in [-0.25, -0.2) is 0 Å². The fourth-order valence-electron chi connectivity index (χ4n) is 1.95. The van der Waals surface area contributed by atoms with Gasteiger partial charge in [-0.15, -0.1) is 0 Å². The Morgan fingerprint density at radius 1 is 1.17 bits per heavy atom. The van der Waals surface area contributed by atoms with Crippen LogP contribution in [-0.4, -0.2) is 0 Å². The Kier molecular flexibility index (Phi) is 3.20. The predicted molar refractivity (Wildman–Crippen MR) is 63.3 cm³/mol. The summed E-state index contributed by atoms with van der Waals surface area (Å²) in [5, 5.41) is 0. The molecule has 4 heteroatoms. The Morgan fingerprint density at radius 3 is 2.39 bits per heavy atom. The number of benzene rings is 1. The molecule has 0 amide bonds. The lowest BCUT2D eigenvalue weighted by atomic mass is 10.0. The second kappa shape index (κ2) is 4.52. The summed E-state index contributed by atoms with van der Waals surface area (Å²) >= 11 is 0. The van der Waals surface area contributed by atoms with E-state index >= 15 is 0 Å². The largest absolute Gasteiger partial charge is 0.461 e. The molecular formula is C14H13F3O. The van der Waals surface area contributed by atoms with Gasteiger partial charge in [0.15, 0.2) is 0 Å². The van der Waals surface area contributed by atoms with Crippen LogP contribution in [0.2, 0.25) is 0 Å². The van der Waals surface area contributed by atoms with Gasteiger partial charge >= 0.3 is 6.18 Å². The second-order valence-electron chi connectivity index (χ2n) is 4.09. The first-order valence-electron chi connectivity index (χ1n) is 5.69. The van der Waals surface area contributed by atoms with Gasteiger partial charge in [-0.05, 0) is 31.0 Å². The van der Waals surface area contributed by atoms with Gasteiger partial charge in [0.25, 0.3) is 0 Å². The molecule has 0 fully saturated rings. The summed E-state index contributed by atoms with van der Waals surface area (Å²) in [7, 11) is 0. The highest BCUT2D eigenvalue weighted by molar-refractivity contribution is 5.64. The lowest BCUT2D eigenvalue weighted by molar-refractivity contribution is -0.137. The molecule has 0 aliphatic rings. The highest BCUT2D eigenvalue weighted by Crippen LogP contribution is 2.38. The summed E-state index contributed by atoms with van der Waals surface area (Å²) in [6.07, 6.45) is -3.63. The van der Waals surface area contributed by atoms with E-state index in [0.29, 0.717) is 5.76 Å². The summed E-state index contributed by atoms with van der Waals surface area (Å²) in [5.41, 5.74) is 0.358. The molecule has 0 atom stereocenters. The fraction of sp³-hybridized carbons (Fsp3) is 0.286. The molecule has 2 aromatic rings. The van der Waals surface area contributed by atoms with Crippen LogP contribution in [-0.2, 0) is 12.6 Å². The highest BCUT2D eigenvalue weighted by atomic mass is 19.4. The number of hydrogen-bond acceptors (Lipinski definition) is 1. The van der Waals surface area contributed by atoms with Crippen LogP contribution in [0.1, 0.15) is 23.8 Å². The van der Waals surface area contributed by atoms with E-state index in [2.05, 4.69) is 0 Å². The van der Waals surface area contributed by atoms with Gasteiger partial charge in [-0.3, -0.25) is 0 Å². The van der Waals surface area contributed by atoms with Crippen LogP contribution in [0, 0.1) is 6.92 Å². The third-order valence-corrected chi connectivity index (χ3v) is 2.90. The Bertz CT molecular complexity index is 552. The third-order valence-electron chi connectivity index (χ3n) is 2.90. The van der Waals surface area contributed by atoms with E-state index in [0.717, 1.165) is 18.1 Å². The Labute approximate surface area is 103 Å². The number of rotatable bonds is 2. The smallest absolute Gasteiger partial charge is 0.417 e. The number of hydrogen-bond donors (Lipinski definition) is 0. The number of alkyl halides is 3. The first-order chi connectivity index (χ1) is 8.43. The topological polar surface area (TPSA) is 13.1 Å². The van der Waals surface area contributed by atoms with Crippen molar-refractivity contribution in [1.82, 2.24) is 0 Å². The van der Waals surface area contributed by atoms with Gasteiger partial charge in [-0.1, -0.05) is 25.1 Å². The maximum Gasteiger partial charge on any atom is 0.417 e. The molecule has 96 valence electrons. The van der Waals surface area contributed by atoms with E-state index in [9.17, 15) is 13.2 Å². The first-order valence-corrected chi connectivity index (χ1v) is 5.69. The molecule has 1 nitrogen and oxygen atoms in total. The molecule has 0 unspecified atom stereocenters. The van der Waals surface area contributed by atoms with E-state index in [1.165, 1.54) is 12.1 Å². The van der Waals surface area contributed by atoms with Crippen molar-refractivity contribution in [3.63, 3.8) is 0 Å². The molecule has 0 saturated carbocycles.